The molecule has 1 aliphatic heterocycles. The smallest absolute Gasteiger partial charge is 0.0998 e. The Kier molecular flexibility index (Phi) is 4.72. The summed E-state index contributed by atoms with van der Waals surface area (Å²) < 4.78 is 1.23. The van der Waals surface area contributed by atoms with E-state index in [1.807, 2.05) is 30.7 Å². The number of rotatable bonds is 3. The second kappa shape index (κ2) is 7.13. The molecule has 3 aromatic rings. The first kappa shape index (κ1) is 16.5. The van der Waals surface area contributed by atoms with E-state index in [1.165, 1.54) is 9.13 Å². The largest absolute Gasteiger partial charge is 0.303 e. The Morgan fingerprint density at radius 3 is 2.24 bits per heavy atom. The van der Waals surface area contributed by atoms with E-state index in [0.29, 0.717) is 0 Å². The fourth-order valence-electron chi connectivity index (χ4n) is 3.16. The molecule has 0 unspecified atom stereocenters. The van der Waals surface area contributed by atoms with E-state index in [2.05, 4.69) is 73.6 Å². The molecule has 0 atom stereocenters. The first-order valence-corrected chi connectivity index (χ1v) is 9.48. The van der Waals surface area contributed by atoms with Gasteiger partial charge in [-0.2, -0.15) is 9.89 Å². The minimum absolute atomic E-state index is 0.978. The summed E-state index contributed by atoms with van der Waals surface area (Å²) in [5.41, 5.74) is 4.61. The molecular formula is C19H20IN5. The summed E-state index contributed by atoms with van der Waals surface area (Å²) in [6.07, 6.45) is 5.64. The van der Waals surface area contributed by atoms with Crippen LogP contribution in [0.1, 0.15) is 0 Å². The number of hydrogen-bond acceptors (Lipinski definition) is 4. The standard InChI is InChI=1S/C19H20IN5/c1-23-10-12-24(13-11-23)25-19(16-2-4-17(20)5-3-16)18(14-22-25)15-6-8-21-9-7-15/h2-9,14H,10-13H2,1H3. The minimum Gasteiger partial charge on any atom is -0.303 e. The van der Waals surface area contributed by atoms with Gasteiger partial charge in [0.25, 0.3) is 0 Å². The lowest BCUT2D eigenvalue weighted by Gasteiger charge is -2.34. The Morgan fingerprint density at radius 2 is 1.56 bits per heavy atom. The number of likely N-dealkylation sites (N-methyl/N-ethyl adjacent to an activating group) is 1. The summed E-state index contributed by atoms with van der Waals surface area (Å²) >= 11 is 2.34. The van der Waals surface area contributed by atoms with Crippen LogP contribution in [-0.4, -0.2) is 53.0 Å². The number of nitrogens with zero attached hydrogens (tertiary/aromatic N) is 5. The molecule has 3 heterocycles. The Balaban J connectivity index is 1.82. The van der Waals surface area contributed by atoms with Crippen molar-refractivity contribution in [2.24, 2.45) is 0 Å². The Morgan fingerprint density at radius 1 is 0.880 bits per heavy atom. The van der Waals surface area contributed by atoms with Gasteiger partial charge < -0.3 is 4.90 Å². The van der Waals surface area contributed by atoms with Gasteiger partial charge in [-0.3, -0.25) is 9.99 Å². The van der Waals surface area contributed by atoms with Crippen molar-refractivity contribution in [1.82, 2.24) is 19.8 Å². The topological polar surface area (TPSA) is 37.2 Å². The van der Waals surface area contributed by atoms with E-state index in [9.17, 15) is 0 Å². The molecule has 0 amide bonds. The monoisotopic (exact) mass is 445 g/mol. The van der Waals surface area contributed by atoms with Crippen LogP contribution in [0.2, 0.25) is 0 Å². The van der Waals surface area contributed by atoms with Crippen molar-refractivity contribution in [3.63, 3.8) is 0 Å². The van der Waals surface area contributed by atoms with Crippen LogP contribution in [0.15, 0.2) is 55.0 Å². The molecule has 25 heavy (non-hydrogen) atoms. The first-order valence-electron chi connectivity index (χ1n) is 8.40. The Labute approximate surface area is 161 Å². The highest BCUT2D eigenvalue weighted by Gasteiger charge is 2.21. The SMILES string of the molecule is CN1CCN(n2ncc(-c3ccncc3)c2-c2ccc(I)cc2)CC1. The fourth-order valence-corrected chi connectivity index (χ4v) is 3.52. The summed E-state index contributed by atoms with van der Waals surface area (Å²) in [6.45, 7) is 4.06. The quantitative estimate of drug-likeness (QED) is 0.581. The molecule has 0 bridgehead atoms. The van der Waals surface area contributed by atoms with Crippen molar-refractivity contribution in [2.75, 3.05) is 38.2 Å². The number of halogens is 1. The summed E-state index contributed by atoms with van der Waals surface area (Å²) in [5.74, 6) is 0. The Hall–Kier alpha value is -1.93. The molecule has 1 aromatic carbocycles. The second-order valence-corrected chi connectivity index (χ2v) is 7.54. The lowest BCUT2D eigenvalue weighted by atomic mass is 10.0. The predicted molar refractivity (Wildman–Crippen MR) is 109 cm³/mol. The molecular weight excluding hydrogens is 425 g/mol. The average molecular weight is 445 g/mol. The predicted octanol–water partition coefficient (Wildman–Crippen LogP) is 3.10. The molecule has 4 rings (SSSR count). The third kappa shape index (κ3) is 3.41. The van der Waals surface area contributed by atoms with Crippen LogP contribution < -0.4 is 5.01 Å². The maximum Gasteiger partial charge on any atom is 0.0998 e. The summed E-state index contributed by atoms with van der Waals surface area (Å²) in [7, 11) is 2.17. The molecule has 0 saturated carbocycles. The summed E-state index contributed by atoms with van der Waals surface area (Å²) in [4.78, 5) is 8.59. The number of pyridine rings is 1. The normalized spacial score (nSPS) is 15.5. The van der Waals surface area contributed by atoms with Crippen LogP contribution in [0, 0.1) is 3.57 Å². The average Bonchev–Trinajstić information content (AvgIpc) is 3.09. The number of piperazine rings is 1. The van der Waals surface area contributed by atoms with Crippen LogP contribution in [-0.2, 0) is 0 Å². The maximum atomic E-state index is 4.74. The summed E-state index contributed by atoms with van der Waals surface area (Å²) in [5, 5.41) is 7.07. The van der Waals surface area contributed by atoms with Crippen LogP contribution in [0.25, 0.3) is 22.4 Å². The molecule has 1 fully saturated rings. The van der Waals surface area contributed by atoms with E-state index < -0.39 is 0 Å². The zero-order valence-electron chi connectivity index (χ0n) is 14.1. The second-order valence-electron chi connectivity index (χ2n) is 6.30. The molecule has 6 heteroatoms. The van der Waals surface area contributed by atoms with Crippen molar-refractivity contribution >= 4 is 22.6 Å². The van der Waals surface area contributed by atoms with Gasteiger partial charge in [0.2, 0.25) is 0 Å². The highest BCUT2D eigenvalue weighted by molar-refractivity contribution is 14.1. The van der Waals surface area contributed by atoms with E-state index in [4.69, 9.17) is 5.10 Å². The molecule has 1 aliphatic rings. The first-order chi connectivity index (χ1) is 12.2. The van der Waals surface area contributed by atoms with Crippen LogP contribution in [0.5, 0.6) is 0 Å². The van der Waals surface area contributed by atoms with Gasteiger partial charge in [0.15, 0.2) is 0 Å². The van der Waals surface area contributed by atoms with Gasteiger partial charge in [0.05, 0.1) is 11.9 Å². The van der Waals surface area contributed by atoms with Crippen LogP contribution in [0.4, 0.5) is 0 Å². The highest BCUT2D eigenvalue weighted by atomic mass is 127. The third-order valence-electron chi connectivity index (χ3n) is 4.61. The van der Waals surface area contributed by atoms with Gasteiger partial charge in [0, 0.05) is 53.3 Å². The summed E-state index contributed by atoms with van der Waals surface area (Å²) in [6, 6.07) is 12.7. The molecule has 2 aromatic heterocycles. The van der Waals surface area contributed by atoms with Gasteiger partial charge in [-0.15, -0.1) is 0 Å². The van der Waals surface area contributed by atoms with E-state index in [-0.39, 0.29) is 0 Å². The van der Waals surface area contributed by atoms with Crippen molar-refractivity contribution < 1.29 is 0 Å². The minimum atomic E-state index is 0.978. The van der Waals surface area contributed by atoms with Gasteiger partial charge in [0.1, 0.15) is 0 Å². The molecule has 0 spiro atoms. The lowest BCUT2D eigenvalue weighted by Crippen LogP contribution is -2.50. The molecule has 0 radical (unpaired) electrons. The van der Waals surface area contributed by atoms with E-state index in [0.717, 1.165) is 43.0 Å². The maximum absolute atomic E-state index is 4.74. The van der Waals surface area contributed by atoms with Gasteiger partial charge >= 0.3 is 0 Å². The Bertz CT molecular complexity index is 836. The number of aromatic nitrogens is 3. The fraction of sp³-hybridized carbons (Fsp3) is 0.263. The van der Waals surface area contributed by atoms with Crippen molar-refractivity contribution in [3.05, 3.63) is 58.6 Å². The van der Waals surface area contributed by atoms with Crippen LogP contribution in [0.3, 0.4) is 0 Å². The molecule has 5 nitrogen and oxygen atoms in total. The lowest BCUT2D eigenvalue weighted by molar-refractivity contribution is 0.281. The van der Waals surface area contributed by atoms with E-state index >= 15 is 0 Å². The highest BCUT2D eigenvalue weighted by Crippen LogP contribution is 2.32. The zero-order valence-corrected chi connectivity index (χ0v) is 16.3. The van der Waals surface area contributed by atoms with Gasteiger partial charge in [-0.25, -0.2) is 0 Å². The van der Waals surface area contributed by atoms with Crippen molar-refractivity contribution in [3.8, 4) is 22.4 Å². The molecule has 1 saturated heterocycles. The number of benzene rings is 1. The molecule has 0 aliphatic carbocycles. The van der Waals surface area contributed by atoms with Gasteiger partial charge in [-0.05, 0) is 59.5 Å². The van der Waals surface area contributed by atoms with E-state index in [1.54, 1.807) is 0 Å². The molecule has 0 N–H and O–H groups in total. The van der Waals surface area contributed by atoms with Crippen LogP contribution >= 0.6 is 22.6 Å². The third-order valence-corrected chi connectivity index (χ3v) is 5.33. The zero-order chi connectivity index (χ0) is 17.2. The van der Waals surface area contributed by atoms with Crippen molar-refractivity contribution in [2.45, 2.75) is 0 Å². The number of hydrogen-bond donors (Lipinski definition) is 0. The van der Waals surface area contributed by atoms with Crippen molar-refractivity contribution in [1.29, 1.82) is 0 Å². The van der Waals surface area contributed by atoms with Gasteiger partial charge in [-0.1, -0.05) is 12.1 Å². The molecule has 128 valence electrons.